The summed E-state index contributed by atoms with van der Waals surface area (Å²) >= 11 is 0. The SMILES string of the molecule is O=[SH](=O)O.[Ce]. The third kappa shape index (κ3) is 34.5. The topological polar surface area (TPSA) is 54.4 Å². The zero-order valence-electron chi connectivity index (χ0n) is 2.21. The van der Waals surface area contributed by atoms with Crippen molar-refractivity contribution in [2.24, 2.45) is 0 Å². The number of hydrogen-bond acceptors (Lipinski definition) is 2. The van der Waals surface area contributed by atoms with Crippen LogP contribution in [0.2, 0.25) is 0 Å². The van der Waals surface area contributed by atoms with Gasteiger partial charge in [0.25, 0.3) is 11.0 Å². The molecule has 0 unspecified atom stereocenters. The van der Waals surface area contributed by atoms with Crippen LogP contribution in [0, 0.1) is 41.7 Å². The van der Waals surface area contributed by atoms with Crippen LogP contribution in [-0.2, 0) is 11.0 Å². The predicted molar refractivity (Wildman–Crippen MR) is 12.9 cm³/mol. The van der Waals surface area contributed by atoms with E-state index in [4.69, 9.17) is 13.0 Å². The second-order valence-corrected chi connectivity index (χ2v) is 0.714. The summed E-state index contributed by atoms with van der Waals surface area (Å²) in [4.78, 5) is 0. The Labute approximate surface area is 64.9 Å². The van der Waals surface area contributed by atoms with Gasteiger partial charge in [-0.2, -0.15) is 0 Å². The Bertz CT molecular complexity index is 55.3. The van der Waals surface area contributed by atoms with Crippen molar-refractivity contribution >= 4 is 11.0 Å². The van der Waals surface area contributed by atoms with Crippen LogP contribution in [0.15, 0.2) is 0 Å². The summed E-state index contributed by atoms with van der Waals surface area (Å²) < 4.78 is 24.2. The van der Waals surface area contributed by atoms with Crippen LogP contribution < -0.4 is 0 Å². The van der Waals surface area contributed by atoms with E-state index in [1.54, 1.807) is 0 Å². The first-order valence-corrected chi connectivity index (χ1v) is 1.70. The van der Waals surface area contributed by atoms with Gasteiger partial charge >= 0.3 is 0 Å². The molecule has 0 atom stereocenters. The monoisotopic (exact) mass is 222 g/mol. The molecule has 5 heteroatoms. The molecule has 1 N–H and O–H groups in total. The maximum atomic E-state index is 8.59. The van der Waals surface area contributed by atoms with Gasteiger partial charge in [-0.25, -0.2) is 8.42 Å². The van der Waals surface area contributed by atoms with Crippen LogP contribution in [0.25, 0.3) is 0 Å². The number of thiol groups is 1. The fourth-order valence-electron chi connectivity index (χ4n) is 0. The maximum absolute atomic E-state index is 8.59. The molecule has 0 rings (SSSR count). The summed E-state index contributed by atoms with van der Waals surface area (Å²) in [5, 5.41) is 0. The van der Waals surface area contributed by atoms with Crippen molar-refractivity contribution in [2.75, 3.05) is 0 Å². The van der Waals surface area contributed by atoms with Crippen molar-refractivity contribution in [3.05, 3.63) is 0 Å². The summed E-state index contributed by atoms with van der Waals surface area (Å²) in [5.41, 5.74) is 0. The summed E-state index contributed by atoms with van der Waals surface area (Å²) in [6.07, 6.45) is 0. The third-order valence-electron chi connectivity index (χ3n) is 0. The van der Waals surface area contributed by atoms with Crippen LogP contribution in [-0.4, -0.2) is 13.0 Å². The van der Waals surface area contributed by atoms with Crippen molar-refractivity contribution in [3.63, 3.8) is 0 Å². The second-order valence-electron chi connectivity index (χ2n) is 0.238. The van der Waals surface area contributed by atoms with Crippen LogP contribution >= 0.6 is 0 Å². The van der Waals surface area contributed by atoms with Gasteiger partial charge in [0, 0.05) is 41.7 Å². The fraction of sp³-hybridized carbons (Fsp3) is 0. The third-order valence-corrected chi connectivity index (χ3v) is 0. The van der Waals surface area contributed by atoms with Gasteiger partial charge in [-0.15, -0.1) is 0 Å². The second kappa shape index (κ2) is 5.29. The molecule has 0 saturated carbocycles. The summed E-state index contributed by atoms with van der Waals surface area (Å²) in [5.74, 6) is 0. The Morgan fingerprint density at radius 3 is 1.40 bits per heavy atom. The summed E-state index contributed by atoms with van der Waals surface area (Å²) in [6, 6.07) is 0. The van der Waals surface area contributed by atoms with E-state index in [2.05, 4.69) is 0 Å². The van der Waals surface area contributed by atoms with Crippen molar-refractivity contribution in [1.82, 2.24) is 0 Å². The van der Waals surface area contributed by atoms with Gasteiger partial charge in [-0.05, 0) is 0 Å². The molecule has 0 bridgehead atoms. The molecule has 0 amide bonds. The first-order valence-electron chi connectivity index (χ1n) is 0.565. The zero-order valence-corrected chi connectivity index (χ0v) is 6.25. The quantitative estimate of drug-likeness (QED) is 0.411. The molecule has 0 heterocycles. The molecule has 0 radical (unpaired) electrons. The van der Waals surface area contributed by atoms with Crippen molar-refractivity contribution < 1.29 is 54.7 Å². The van der Waals surface area contributed by atoms with E-state index in [-0.39, 0.29) is 41.7 Å². The minimum Gasteiger partial charge on any atom is -0.288 e. The smallest absolute Gasteiger partial charge is 0.254 e. The van der Waals surface area contributed by atoms with Crippen LogP contribution in [0.3, 0.4) is 0 Å². The molecule has 0 saturated heterocycles. The molecule has 3 nitrogen and oxygen atoms in total. The van der Waals surface area contributed by atoms with Crippen LogP contribution in [0.5, 0.6) is 0 Å². The molecular weight excluding hydrogens is 220 g/mol. The minimum absolute atomic E-state index is 0. The van der Waals surface area contributed by atoms with Gasteiger partial charge in [0.2, 0.25) is 0 Å². The molecule has 0 aromatic rings. The van der Waals surface area contributed by atoms with Gasteiger partial charge < -0.3 is 0 Å². The van der Waals surface area contributed by atoms with Crippen LogP contribution in [0.4, 0.5) is 0 Å². The molecular formula is H2CeO3S. The van der Waals surface area contributed by atoms with Gasteiger partial charge in [-0.3, -0.25) is 4.55 Å². The van der Waals surface area contributed by atoms with Gasteiger partial charge in [0.05, 0.1) is 0 Å². The first kappa shape index (κ1) is 9.56. The normalized spacial score (nSPS) is 6.80. The molecule has 5 heavy (non-hydrogen) atoms. The van der Waals surface area contributed by atoms with Gasteiger partial charge in [0.15, 0.2) is 0 Å². The van der Waals surface area contributed by atoms with E-state index in [1.165, 1.54) is 0 Å². The summed E-state index contributed by atoms with van der Waals surface area (Å²) in [6.45, 7) is 0. The molecule has 0 aromatic heterocycles. The van der Waals surface area contributed by atoms with E-state index >= 15 is 0 Å². The Morgan fingerprint density at radius 2 is 1.40 bits per heavy atom. The van der Waals surface area contributed by atoms with Gasteiger partial charge in [-0.1, -0.05) is 0 Å². The van der Waals surface area contributed by atoms with E-state index in [0.717, 1.165) is 0 Å². The molecule has 0 spiro atoms. The number of hydrogen-bond donors (Lipinski definition) is 2. The van der Waals surface area contributed by atoms with E-state index in [1.807, 2.05) is 0 Å². The molecule has 0 aliphatic heterocycles. The van der Waals surface area contributed by atoms with Gasteiger partial charge in [0.1, 0.15) is 0 Å². The molecule has 0 fully saturated rings. The fourth-order valence-corrected chi connectivity index (χ4v) is 0. The Morgan fingerprint density at radius 1 is 1.40 bits per heavy atom. The Hall–Kier alpha value is 1.29. The maximum Gasteiger partial charge on any atom is 0.254 e. The van der Waals surface area contributed by atoms with E-state index in [0.29, 0.717) is 0 Å². The Balaban J connectivity index is 0. The molecule has 30 valence electrons. The number of rotatable bonds is 0. The van der Waals surface area contributed by atoms with E-state index in [9.17, 15) is 0 Å². The van der Waals surface area contributed by atoms with Crippen molar-refractivity contribution in [1.29, 1.82) is 0 Å². The predicted octanol–water partition coefficient (Wildman–Crippen LogP) is -0.929. The molecule has 0 aliphatic rings. The summed E-state index contributed by atoms with van der Waals surface area (Å²) in [7, 11) is -3.12. The average Bonchev–Trinajstić information content (AvgIpc) is 0.811. The molecule has 0 aliphatic carbocycles. The largest absolute Gasteiger partial charge is 0.288 e. The van der Waals surface area contributed by atoms with E-state index < -0.39 is 11.0 Å². The Kier molecular flexibility index (Phi) is 10.1. The van der Waals surface area contributed by atoms with Crippen molar-refractivity contribution in [2.45, 2.75) is 0 Å². The average molecular weight is 222 g/mol. The minimum atomic E-state index is -3.12. The van der Waals surface area contributed by atoms with Crippen molar-refractivity contribution in [3.8, 4) is 0 Å². The molecule has 0 aromatic carbocycles. The standard InChI is InChI=1S/Ce.H2O3S/c;1-4(2)3/h;4H,(H,1,2,3). The van der Waals surface area contributed by atoms with Crippen LogP contribution in [0.1, 0.15) is 0 Å². The first-order chi connectivity index (χ1) is 1.73. The zero-order chi connectivity index (χ0) is 3.58.